The van der Waals surface area contributed by atoms with Gasteiger partial charge in [-0.2, -0.15) is 5.10 Å². The Morgan fingerprint density at radius 1 is 1.03 bits per heavy atom. The molecule has 1 amide bonds. The number of ether oxygens (including phenoxy) is 2. The van der Waals surface area contributed by atoms with Crippen LogP contribution in [0.25, 0.3) is 5.52 Å². The van der Waals surface area contributed by atoms with E-state index in [-0.39, 0.29) is 12.0 Å². The number of carbonyl (C=O) groups is 1. The number of pyridine rings is 1. The Bertz CT molecular complexity index is 993. The lowest BCUT2D eigenvalue weighted by Crippen LogP contribution is -2.55. The van der Waals surface area contributed by atoms with Gasteiger partial charge in [0.1, 0.15) is 6.10 Å². The van der Waals surface area contributed by atoms with E-state index in [1.54, 1.807) is 0 Å². The Hall–Kier alpha value is -3.06. The normalized spacial score (nSPS) is 22.0. The molecule has 0 spiro atoms. The zero-order valence-electron chi connectivity index (χ0n) is 16.4. The third-order valence-electron chi connectivity index (χ3n) is 5.58. The van der Waals surface area contributed by atoms with E-state index in [9.17, 15) is 4.79 Å². The highest BCUT2D eigenvalue weighted by molar-refractivity contribution is 5.82. The molecule has 2 aromatic heterocycles. The predicted octanol–water partition coefficient (Wildman–Crippen LogP) is 2.21. The first-order chi connectivity index (χ1) is 14.2. The van der Waals surface area contributed by atoms with Gasteiger partial charge in [0.25, 0.3) is 5.91 Å². The number of para-hydroxylation sites is 2. The molecule has 2 aliphatic rings. The molecule has 0 radical (unpaired) electrons. The van der Waals surface area contributed by atoms with Crippen LogP contribution in [0.4, 0.5) is 0 Å². The number of aromatic nitrogens is 2. The highest BCUT2D eigenvalue weighted by Gasteiger charge is 2.37. The number of piperazine rings is 1. The fraction of sp³-hybridized carbons (Fsp3) is 0.364. The molecule has 2 unspecified atom stereocenters. The molecule has 7 nitrogen and oxygen atoms in total. The van der Waals surface area contributed by atoms with E-state index in [2.05, 4.69) is 22.1 Å². The fourth-order valence-electron chi connectivity index (χ4n) is 3.99. The lowest BCUT2D eigenvalue weighted by Gasteiger charge is -2.38. The number of fused-ring (bicyclic) bond motifs is 2. The van der Waals surface area contributed by atoms with Gasteiger partial charge >= 0.3 is 0 Å². The number of carbonyl (C=O) groups excluding carboxylic acids is 1. The van der Waals surface area contributed by atoms with Gasteiger partial charge < -0.3 is 14.4 Å². The maximum Gasteiger partial charge on any atom is 0.267 e. The molecule has 1 aromatic carbocycles. The minimum atomic E-state index is -0.602. The first-order valence-corrected chi connectivity index (χ1v) is 10.0. The maximum atomic E-state index is 13.0. The van der Waals surface area contributed by atoms with Crippen molar-refractivity contribution >= 4 is 11.4 Å². The van der Waals surface area contributed by atoms with Crippen molar-refractivity contribution in [3.63, 3.8) is 0 Å². The average molecular weight is 392 g/mol. The van der Waals surface area contributed by atoms with Gasteiger partial charge in [0, 0.05) is 38.9 Å². The number of benzene rings is 1. The van der Waals surface area contributed by atoms with Gasteiger partial charge in [0.2, 0.25) is 6.10 Å². The Kier molecular flexibility index (Phi) is 4.60. The minimum Gasteiger partial charge on any atom is -0.482 e. The Morgan fingerprint density at radius 3 is 2.52 bits per heavy atom. The third kappa shape index (κ3) is 3.53. The van der Waals surface area contributed by atoms with E-state index < -0.39 is 6.10 Å². The fourth-order valence-corrected chi connectivity index (χ4v) is 3.99. The van der Waals surface area contributed by atoms with E-state index in [4.69, 9.17) is 9.47 Å². The summed E-state index contributed by atoms with van der Waals surface area (Å²) in [4.78, 5) is 17.3. The van der Waals surface area contributed by atoms with E-state index in [1.807, 2.05) is 58.9 Å². The molecule has 2 aliphatic heterocycles. The van der Waals surface area contributed by atoms with Crippen molar-refractivity contribution in [3.8, 4) is 11.5 Å². The largest absolute Gasteiger partial charge is 0.482 e. The first-order valence-electron chi connectivity index (χ1n) is 10.0. The molecule has 0 N–H and O–H groups in total. The number of nitrogens with zero attached hydrogens (tertiary/aromatic N) is 4. The van der Waals surface area contributed by atoms with Crippen molar-refractivity contribution in [2.45, 2.75) is 25.7 Å². The average Bonchev–Trinajstić information content (AvgIpc) is 3.15. The van der Waals surface area contributed by atoms with Crippen LogP contribution in [0.5, 0.6) is 11.5 Å². The van der Waals surface area contributed by atoms with Gasteiger partial charge in [-0.3, -0.25) is 9.69 Å². The van der Waals surface area contributed by atoms with Crippen LogP contribution in [0.15, 0.2) is 54.7 Å². The molecular weight excluding hydrogens is 368 g/mol. The smallest absolute Gasteiger partial charge is 0.267 e. The lowest BCUT2D eigenvalue weighted by molar-refractivity contribution is -0.146. The van der Waals surface area contributed by atoms with Crippen molar-refractivity contribution < 1.29 is 14.3 Å². The lowest BCUT2D eigenvalue weighted by atomic mass is 10.1. The highest BCUT2D eigenvalue weighted by atomic mass is 16.6. The van der Waals surface area contributed by atoms with Gasteiger partial charge in [0.05, 0.1) is 11.2 Å². The topological polar surface area (TPSA) is 59.3 Å². The summed E-state index contributed by atoms with van der Waals surface area (Å²) in [7, 11) is 0. The summed E-state index contributed by atoms with van der Waals surface area (Å²) >= 11 is 0. The number of rotatable bonds is 3. The van der Waals surface area contributed by atoms with E-state index in [1.165, 1.54) is 0 Å². The second-order valence-electron chi connectivity index (χ2n) is 7.62. The Labute approximate surface area is 169 Å². The van der Waals surface area contributed by atoms with Gasteiger partial charge in [-0.15, -0.1) is 0 Å². The monoisotopic (exact) mass is 392 g/mol. The van der Waals surface area contributed by atoms with Gasteiger partial charge in [-0.1, -0.05) is 18.2 Å². The third-order valence-corrected chi connectivity index (χ3v) is 5.58. The molecule has 0 aliphatic carbocycles. The van der Waals surface area contributed by atoms with Crippen LogP contribution in [0.1, 0.15) is 12.6 Å². The molecule has 4 heterocycles. The van der Waals surface area contributed by atoms with E-state index >= 15 is 0 Å². The molecule has 0 bridgehead atoms. The molecule has 150 valence electrons. The van der Waals surface area contributed by atoms with Crippen molar-refractivity contribution in [1.82, 2.24) is 19.4 Å². The van der Waals surface area contributed by atoms with E-state index in [0.717, 1.165) is 30.8 Å². The summed E-state index contributed by atoms with van der Waals surface area (Å²) in [6.07, 6.45) is 1.05. The minimum absolute atomic E-state index is 0.000571. The summed E-state index contributed by atoms with van der Waals surface area (Å²) < 4.78 is 13.8. The molecule has 7 heteroatoms. The number of hydrogen-bond acceptors (Lipinski definition) is 5. The van der Waals surface area contributed by atoms with Crippen LogP contribution in [-0.4, -0.2) is 63.7 Å². The Balaban J connectivity index is 1.20. The van der Waals surface area contributed by atoms with Crippen LogP contribution in [0.3, 0.4) is 0 Å². The zero-order valence-corrected chi connectivity index (χ0v) is 16.4. The summed E-state index contributed by atoms with van der Waals surface area (Å²) in [5, 5.41) is 4.62. The second-order valence-corrected chi connectivity index (χ2v) is 7.62. The summed E-state index contributed by atoms with van der Waals surface area (Å²) in [6.45, 7) is 5.67. The molecule has 2 atom stereocenters. The second kappa shape index (κ2) is 7.40. The van der Waals surface area contributed by atoms with Crippen molar-refractivity contribution in [1.29, 1.82) is 0 Å². The quantitative estimate of drug-likeness (QED) is 0.684. The Morgan fingerprint density at radius 2 is 1.76 bits per heavy atom. The van der Waals surface area contributed by atoms with Gasteiger partial charge in [-0.05, 0) is 37.3 Å². The molecule has 5 rings (SSSR count). The van der Waals surface area contributed by atoms with E-state index in [0.29, 0.717) is 24.6 Å². The molecule has 0 saturated carbocycles. The molecule has 1 saturated heterocycles. The van der Waals surface area contributed by atoms with Crippen LogP contribution in [0.2, 0.25) is 0 Å². The van der Waals surface area contributed by atoms with Crippen molar-refractivity contribution in [2.75, 3.05) is 26.2 Å². The molecule has 3 aromatic rings. The van der Waals surface area contributed by atoms with Crippen LogP contribution in [-0.2, 0) is 11.3 Å². The number of hydrogen-bond donors (Lipinski definition) is 0. The SMILES string of the molecule is CC1Oc2ccccc2OC1C(=O)N1CCN(Cc2cc3ccccn3n2)CC1. The predicted molar refractivity (Wildman–Crippen MR) is 108 cm³/mol. The molecule has 1 fully saturated rings. The van der Waals surface area contributed by atoms with Crippen LogP contribution in [0, 0.1) is 0 Å². The van der Waals surface area contributed by atoms with Crippen molar-refractivity contribution in [2.24, 2.45) is 0 Å². The van der Waals surface area contributed by atoms with Gasteiger partial charge in [0.15, 0.2) is 11.5 Å². The summed E-state index contributed by atoms with van der Waals surface area (Å²) in [6, 6.07) is 15.7. The summed E-state index contributed by atoms with van der Waals surface area (Å²) in [5.74, 6) is 1.33. The number of amides is 1. The van der Waals surface area contributed by atoms with Gasteiger partial charge in [-0.25, -0.2) is 4.52 Å². The van der Waals surface area contributed by atoms with Crippen LogP contribution < -0.4 is 9.47 Å². The van der Waals surface area contributed by atoms with Crippen LogP contribution >= 0.6 is 0 Å². The zero-order chi connectivity index (χ0) is 19.8. The summed E-state index contributed by atoms with van der Waals surface area (Å²) in [5.41, 5.74) is 2.14. The van der Waals surface area contributed by atoms with Crippen molar-refractivity contribution in [3.05, 3.63) is 60.4 Å². The maximum absolute atomic E-state index is 13.0. The standard InChI is InChI=1S/C22H24N4O3/c1-16-21(29-20-8-3-2-7-19(20)28-16)22(27)25-12-10-24(11-13-25)15-17-14-18-6-4-5-9-26(18)23-17/h2-9,14,16,21H,10-13,15H2,1H3. The highest BCUT2D eigenvalue weighted by Crippen LogP contribution is 2.34. The molecular formula is C22H24N4O3. The first kappa shape index (κ1) is 18.0. The molecule has 29 heavy (non-hydrogen) atoms.